The Hall–Kier alpha value is -0.960. The van der Waals surface area contributed by atoms with Crippen LogP contribution in [0.15, 0.2) is 24.4 Å². The summed E-state index contributed by atoms with van der Waals surface area (Å²) < 4.78 is 13.5. The standard InChI is InChI=1S/C12H17FN2/c13-11-6-1-2-7-12(11)15-9-10-5-3-4-8-14-10/h3-5,8,11-12,15H,1-2,6-7,9H2/t11-,12-/m1/s1. The zero-order valence-corrected chi connectivity index (χ0v) is 8.82. The first-order valence-corrected chi connectivity index (χ1v) is 5.63. The van der Waals surface area contributed by atoms with Crippen LogP contribution in [0.25, 0.3) is 0 Å². The Kier molecular flexibility index (Phi) is 3.67. The Balaban J connectivity index is 1.82. The van der Waals surface area contributed by atoms with Gasteiger partial charge in [0.1, 0.15) is 6.17 Å². The van der Waals surface area contributed by atoms with Crippen molar-refractivity contribution in [3.63, 3.8) is 0 Å². The van der Waals surface area contributed by atoms with Gasteiger partial charge in [0, 0.05) is 18.8 Å². The molecule has 1 fully saturated rings. The largest absolute Gasteiger partial charge is 0.305 e. The number of alkyl halides is 1. The normalized spacial score (nSPS) is 26.5. The summed E-state index contributed by atoms with van der Waals surface area (Å²) in [6, 6.07) is 5.84. The van der Waals surface area contributed by atoms with Gasteiger partial charge in [-0.2, -0.15) is 0 Å². The Morgan fingerprint density at radius 1 is 1.33 bits per heavy atom. The third-order valence-electron chi connectivity index (χ3n) is 2.95. The van der Waals surface area contributed by atoms with E-state index in [9.17, 15) is 4.39 Å². The second kappa shape index (κ2) is 5.21. The van der Waals surface area contributed by atoms with Gasteiger partial charge in [-0.1, -0.05) is 18.9 Å². The number of hydrogen-bond donors (Lipinski definition) is 1. The predicted octanol–water partition coefficient (Wildman–Crippen LogP) is 2.45. The van der Waals surface area contributed by atoms with E-state index in [1.807, 2.05) is 18.2 Å². The molecule has 1 aliphatic rings. The maximum atomic E-state index is 13.5. The molecule has 0 bridgehead atoms. The number of nitrogens with one attached hydrogen (secondary N) is 1. The van der Waals surface area contributed by atoms with E-state index in [1.54, 1.807) is 6.20 Å². The third kappa shape index (κ3) is 2.99. The van der Waals surface area contributed by atoms with Crippen molar-refractivity contribution >= 4 is 0 Å². The molecule has 1 aromatic heterocycles. The highest BCUT2D eigenvalue weighted by Crippen LogP contribution is 2.21. The Morgan fingerprint density at radius 2 is 2.20 bits per heavy atom. The summed E-state index contributed by atoms with van der Waals surface area (Å²) in [5.74, 6) is 0. The van der Waals surface area contributed by atoms with Crippen LogP contribution in [0.5, 0.6) is 0 Å². The van der Waals surface area contributed by atoms with E-state index in [0.29, 0.717) is 13.0 Å². The molecule has 2 rings (SSSR count). The maximum Gasteiger partial charge on any atom is 0.115 e. The molecule has 0 aliphatic heterocycles. The first kappa shape index (κ1) is 10.6. The molecule has 15 heavy (non-hydrogen) atoms. The lowest BCUT2D eigenvalue weighted by atomic mass is 9.93. The van der Waals surface area contributed by atoms with Gasteiger partial charge < -0.3 is 5.32 Å². The van der Waals surface area contributed by atoms with Crippen molar-refractivity contribution < 1.29 is 4.39 Å². The molecule has 1 N–H and O–H groups in total. The molecule has 3 heteroatoms. The average Bonchev–Trinajstić information content (AvgIpc) is 2.29. The van der Waals surface area contributed by atoms with Crippen LogP contribution in [0, 0.1) is 0 Å². The molecule has 1 aliphatic carbocycles. The molecule has 0 radical (unpaired) electrons. The zero-order valence-electron chi connectivity index (χ0n) is 8.82. The molecule has 1 heterocycles. The zero-order chi connectivity index (χ0) is 10.5. The van der Waals surface area contributed by atoms with Crippen LogP contribution in [0.4, 0.5) is 4.39 Å². The minimum atomic E-state index is -0.678. The number of pyridine rings is 1. The molecule has 2 nitrogen and oxygen atoms in total. The molecule has 0 amide bonds. The summed E-state index contributed by atoms with van der Waals surface area (Å²) in [6.45, 7) is 0.673. The van der Waals surface area contributed by atoms with Crippen LogP contribution < -0.4 is 5.32 Å². The van der Waals surface area contributed by atoms with Crippen LogP contribution >= 0.6 is 0 Å². The van der Waals surface area contributed by atoms with Gasteiger partial charge in [-0.3, -0.25) is 4.98 Å². The molecule has 2 atom stereocenters. The topological polar surface area (TPSA) is 24.9 Å². The third-order valence-corrected chi connectivity index (χ3v) is 2.95. The van der Waals surface area contributed by atoms with Crippen molar-refractivity contribution in [3.05, 3.63) is 30.1 Å². The van der Waals surface area contributed by atoms with E-state index in [0.717, 1.165) is 25.0 Å². The number of hydrogen-bond acceptors (Lipinski definition) is 2. The number of nitrogens with zero attached hydrogens (tertiary/aromatic N) is 1. The summed E-state index contributed by atoms with van der Waals surface area (Å²) in [7, 11) is 0. The number of rotatable bonds is 3. The van der Waals surface area contributed by atoms with Gasteiger partial charge in [0.15, 0.2) is 0 Å². The van der Waals surface area contributed by atoms with Gasteiger partial charge in [-0.15, -0.1) is 0 Å². The highest BCUT2D eigenvalue weighted by atomic mass is 19.1. The fourth-order valence-corrected chi connectivity index (χ4v) is 2.05. The van der Waals surface area contributed by atoms with Gasteiger partial charge in [-0.05, 0) is 25.0 Å². The van der Waals surface area contributed by atoms with Gasteiger partial charge in [0.2, 0.25) is 0 Å². The Labute approximate surface area is 89.9 Å². The van der Waals surface area contributed by atoms with Crippen LogP contribution in [0.3, 0.4) is 0 Å². The molecule has 0 saturated heterocycles. The lowest BCUT2D eigenvalue weighted by Gasteiger charge is -2.26. The van der Waals surface area contributed by atoms with Crippen LogP contribution in [0.2, 0.25) is 0 Å². The van der Waals surface area contributed by atoms with Crippen molar-refractivity contribution in [2.24, 2.45) is 0 Å². The molecular weight excluding hydrogens is 191 g/mol. The Bertz CT molecular complexity index is 289. The highest BCUT2D eigenvalue weighted by Gasteiger charge is 2.23. The second-order valence-electron chi connectivity index (χ2n) is 4.11. The van der Waals surface area contributed by atoms with Crippen molar-refractivity contribution in [1.29, 1.82) is 0 Å². The maximum absolute atomic E-state index is 13.5. The van der Waals surface area contributed by atoms with E-state index >= 15 is 0 Å². The van der Waals surface area contributed by atoms with Crippen LogP contribution in [-0.4, -0.2) is 17.2 Å². The molecule has 0 unspecified atom stereocenters. The summed E-state index contributed by atoms with van der Waals surface area (Å²) >= 11 is 0. The first-order valence-electron chi connectivity index (χ1n) is 5.63. The fourth-order valence-electron chi connectivity index (χ4n) is 2.05. The van der Waals surface area contributed by atoms with E-state index < -0.39 is 6.17 Å². The second-order valence-corrected chi connectivity index (χ2v) is 4.11. The number of aromatic nitrogens is 1. The van der Waals surface area contributed by atoms with Crippen molar-refractivity contribution in [3.8, 4) is 0 Å². The predicted molar refractivity (Wildman–Crippen MR) is 58.2 cm³/mol. The van der Waals surface area contributed by atoms with Crippen molar-refractivity contribution in [1.82, 2.24) is 10.3 Å². The van der Waals surface area contributed by atoms with Gasteiger partial charge in [-0.25, -0.2) is 4.39 Å². The SMILES string of the molecule is F[C@@H]1CCCC[C@H]1NCc1ccccn1. The summed E-state index contributed by atoms with van der Waals surface area (Å²) in [6.07, 6.45) is 4.92. The van der Waals surface area contributed by atoms with Crippen molar-refractivity contribution in [2.45, 2.75) is 44.4 Å². The number of halogens is 1. The lowest BCUT2D eigenvalue weighted by Crippen LogP contribution is -2.39. The monoisotopic (exact) mass is 208 g/mol. The minimum Gasteiger partial charge on any atom is -0.305 e. The lowest BCUT2D eigenvalue weighted by molar-refractivity contribution is 0.188. The molecular formula is C12H17FN2. The van der Waals surface area contributed by atoms with Gasteiger partial charge >= 0.3 is 0 Å². The van der Waals surface area contributed by atoms with Crippen LogP contribution in [0.1, 0.15) is 31.4 Å². The quantitative estimate of drug-likeness (QED) is 0.825. The summed E-state index contributed by atoms with van der Waals surface area (Å²) in [4.78, 5) is 4.20. The minimum absolute atomic E-state index is 0.0285. The highest BCUT2D eigenvalue weighted by molar-refractivity contribution is 5.03. The molecule has 0 aromatic carbocycles. The fraction of sp³-hybridized carbons (Fsp3) is 0.583. The van der Waals surface area contributed by atoms with E-state index in [2.05, 4.69) is 10.3 Å². The average molecular weight is 208 g/mol. The van der Waals surface area contributed by atoms with E-state index in [-0.39, 0.29) is 6.04 Å². The van der Waals surface area contributed by atoms with Gasteiger partial charge in [0.05, 0.1) is 5.69 Å². The molecule has 1 aromatic rings. The summed E-state index contributed by atoms with van der Waals surface area (Å²) in [5.41, 5.74) is 0.982. The van der Waals surface area contributed by atoms with E-state index in [4.69, 9.17) is 0 Å². The van der Waals surface area contributed by atoms with Gasteiger partial charge in [0.25, 0.3) is 0 Å². The summed E-state index contributed by atoms with van der Waals surface area (Å²) in [5, 5.41) is 3.25. The molecule has 1 saturated carbocycles. The van der Waals surface area contributed by atoms with E-state index in [1.165, 1.54) is 0 Å². The van der Waals surface area contributed by atoms with Crippen molar-refractivity contribution in [2.75, 3.05) is 0 Å². The molecule has 82 valence electrons. The Morgan fingerprint density at radius 3 is 2.93 bits per heavy atom. The first-order chi connectivity index (χ1) is 7.36. The van der Waals surface area contributed by atoms with Crippen LogP contribution in [-0.2, 0) is 6.54 Å². The molecule has 0 spiro atoms. The smallest absolute Gasteiger partial charge is 0.115 e.